The Kier molecular flexibility index (Phi) is 4.07. The Labute approximate surface area is 82.7 Å². The summed E-state index contributed by atoms with van der Waals surface area (Å²) >= 11 is 0. The van der Waals surface area contributed by atoms with Gasteiger partial charge in [-0.1, -0.05) is 12.1 Å². The van der Waals surface area contributed by atoms with Gasteiger partial charge >= 0.3 is 0 Å². The fourth-order valence-electron chi connectivity index (χ4n) is 0.882. The molecule has 0 aliphatic heterocycles. The summed E-state index contributed by atoms with van der Waals surface area (Å²) in [7, 11) is 1.60. The number of hydrogen-bond donors (Lipinski definition) is 2. The van der Waals surface area contributed by atoms with Crippen molar-refractivity contribution in [3.05, 3.63) is 42.7 Å². The molecule has 0 bridgehead atoms. The highest BCUT2D eigenvalue weighted by molar-refractivity contribution is 5.51. The molecule has 0 amide bonds. The molecular formula is C10H13N3O. The lowest BCUT2D eigenvalue weighted by molar-refractivity contribution is 0.417. The predicted molar refractivity (Wildman–Crippen MR) is 56.0 cm³/mol. The van der Waals surface area contributed by atoms with Crippen LogP contribution in [-0.2, 0) is 0 Å². The third-order valence-electron chi connectivity index (χ3n) is 1.54. The lowest BCUT2D eigenvalue weighted by atomic mass is 10.3. The zero-order chi connectivity index (χ0) is 10.2. The average Bonchev–Trinajstić information content (AvgIpc) is 2.76. The number of rotatable bonds is 1. The van der Waals surface area contributed by atoms with Crippen LogP contribution in [0.1, 0.15) is 0 Å². The minimum atomic E-state index is 0.681. The van der Waals surface area contributed by atoms with Crippen molar-refractivity contribution in [1.82, 2.24) is 10.2 Å². The van der Waals surface area contributed by atoms with Crippen LogP contribution in [0, 0.1) is 0 Å². The van der Waals surface area contributed by atoms with E-state index in [0.717, 1.165) is 5.75 Å². The molecular weight excluding hydrogens is 178 g/mol. The van der Waals surface area contributed by atoms with Crippen LogP contribution in [0.5, 0.6) is 5.75 Å². The summed E-state index contributed by atoms with van der Waals surface area (Å²) in [5, 5.41) is 6.21. The summed E-state index contributed by atoms with van der Waals surface area (Å²) in [4.78, 5) is 0. The van der Waals surface area contributed by atoms with Crippen molar-refractivity contribution in [1.29, 1.82) is 0 Å². The molecule has 0 aliphatic rings. The summed E-state index contributed by atoms with van der Waals surface area (Å²) in [5.41, 5.74) is 6.19. The maximum atomic E-state index is 5.51. The standard InChI is InChI=1S/C7H9NO.C3H4N2/c1-9-7-5-3-2-4-6(7)8;1-2-4-5-3-1/h2-5H,8H2,1H3;1-3H,(H,4,5). The number of nitrogens with zero attached hydrogens (tertiary/aromatic N) is 1. The Balaban J connectivity index is 0.000000165. The number of nitrogens with one attached hydrogen (secondary N) is 1. The van der Waals surface area contributed by atoms with E-state index in [1.165, 1.54) is 0 Å². The van der Waals surface area contributed by atoms with Crippen LogP contribution in [0.4, 0.5) is 5.69 Å². The third-order valence-corrected chi connectivity index (χ3v) is 1.54. The van der Waals surface area contributed by atoms with Crippen LogP contribution >= 0.6 is 0 Å². The number of nitrogens with two attached hydrogens (primary N) is 1. The number of H-pyrrole nitrogens is 1. The zero-order valence-corrected chi connectivity index (χ0v) is 7.97. The highest BCUT2D eigenvalue weighted by Crippen LogP contribution is 2.18. The molecule has 0 aliphatic carbocycles. The maximum Gasteiger partial charge on any atom is 0.141 e. The van der Waals surface area contributed by atoms with Crippen LogP contribution in [-0.4, -0.2) is 17.3 Å². The predicted octanol–water partition coefficient (Wildman–Crippen LogP) is 1.69. The van der Waals surface area contributed by atoms with Crippen molar-refractivity contribution < 1.29 is 4.74 Å². The molecule has 1 aromatic heterocycles. The van der Waals surface area contributed by atoms with Crippen molar-refractivity contribution in [2.75, 3.05) is 12.8 Å². The van der Waals surface area contributed by atoms with E-state index in [-0.39, 0.29) is 0 Å². The first-order chi connectivity index (χ1) is 6.84. The van der Waals surface area contributed by atoms with Crippen LogP contribution in [0.3, 0.4) is 0 Å². The van der Waals surface area contributed by atoms with Crippen molar-refractivity contribution in [3.8, 4) is 5.75 Å². The van der Waals surface area contributed by atoms with Gasteiger partial charge in [0.05, 0.1) is 12.8 Å². The molecule has 2 aromatic rings. The number of benzene rings is 1. The van der Waals surface area contributed by atoms with Gasteiger partial charge in [-0.15, -0.1) is 0 Å². The highest BCUT2D eigenvalue weighted by atomic mass is 16.5. The second-order valence-electron chi connectivity index (χ2n) is 2.51. The summed E-state index contributed by atoms with van der Waals surface area (Å²) in [6.45, 7) is 0. The first-order valence-electron chi connectivity index (χ1n) is 4.17. The summed E-state index contributed by atoms with van der Waals surface area (Å²) in [5.74, 6) is 0.734. The van der Waals surface area contributed by atoms with Crippen LogP contribution in [0.2, 0.25) is 0 Å². The van der Waals surface area contributed by atoms with Crippen LogP contribution < -0.4 is 10.5 Å². The molecule has 0 spiro atoms. The van der Waals surface area contributed by atoms with Gasteiger partial charge in [0, 0.05) is 12.4 Å². The summed E-state index contributed by atoms with van der Waals surface area (Å²) < 4.78 is 4.92. The molecule has 0 fully saturated rings. The first kappa shape index (κ1) is 10.1. The first-order valence-corrected chi connectivity index (χ1v) is 4.17. The topological polar surface area (TPSA) is 63.9 Å². The lowest BCUT2D eigenvalue weighted by Crippen LogP contribution is -1.89. The van der Waals surface area contributed by atoms with Gasteiger partial charge in [0.15, 0.2) is 0 Å². The maximum absolute atomic E-state index is 5.51. The number of anilines is 1. The largest absolute Gasteiger partial charge is 0.495 e. The Bertz CT molecular complexity index is 329. The molecule has 4 heteroatoms. The number of hydrogen-bond acceptors (Lipinski definition) is 3. The SMILES string of the molecule is COc1ccccc1N.c1cn[nH]c1. The number of ether oxygens (including phenoxy) is 1. The van der Waals surface area contributed by atoms with E-state index in [0.29, 0.717) is 5.69 Å². The van der Waals surface area contributed by atoms with Gasteiger partial charge in [0.25, 0.3) is 0 Å². The number of para-hydroxylation sites is 2. The van der Waals surface area contributed by atoms with E-state index in [1.807, 2.05) is 24.3 Å². The molecule has 0 atom stereocenters. The Morgan fingerprint density at radius 1 is 1.29 bits per heavy atom. The second kappa shape index (κ2) is 5.64. The molecule has 0 saturated carbocycles. The fraction of sp³-hybridized carbons (Fsp3) is 0.100. The van der Waals surface area contributed by atoms with Crippen molar-refractivity contribution in [2.24, 2.45) is 0 Å². The van der Waals surface area contributed by atoms with Crippen molar-refractivity contribution in [2.45, 2.75) is 0 Å². The molecule has 74 valence electrons. The molecule has 0 radical (unpaired) electrons. The Morgan fingerprint density at radius 3 is 2.43 bits per heavy atom. The smallest absolute Gasteiger partial charge is 0.141 e. The Hall–Kier alpha value is -1.97. The van der Waals surface area contributed by atoms with Crippen molar-refractivity contribution >= 4 is 5.69 Å². The minimum Gasteiger partial charge on any atom is -0.495 e. The van der Waals surface area contributed by atoms with Gasteiger partial charge in [-0.05, 0) is 18.2 Å². The third kappa shape index (κ3) is 3.18. The zero-order valence-electron chi connectivity index (χ0n) is 7.97. The summed E-state index contributed by atoms with van der Waals surface area (Å²) in [6, 6.07) is 9.22. The van der Waals surface area contributed by atoms with E-state index in [1.54, 1.807) is 25.6 Å². The van der Waals surface area contributed by atoms with E-state index < -0.39 is 0 Å². The minimum absolute atomic E-state index is 0.681. The quantitative estimate of drug-likeness (QED) is 0.674. The number of methoxy groups -OCH3 is 1. The van der Waals surface area contributed by atoms with Crippen molar-refractivity contribution in [3.63, 3.8) is 0 Å². The second-order valence-corrected chi connectivity index (χ2v) is 2.51. The molecule has 2 rings (SSSR count). The van der Waals surface area contributed by atoms with E-state index in [2.05, 4.69) is 10.2 Å². The number of nitrogen functional groups attached to an aromatic ring is 1. The fourth-order valence-corrected chi connectivity index (χ4v) is 0.882. The van der Waals surface area contributed by atoms with Gasteiger partial charge in [-0.25, -0.2) is 0 Å². The Morgan fingerprint density at radius 2 is 2.07 bits per heavy atom. The molecule has 3 N–H and O–H groups in total. The molecule has 4 nitrogen and oxygen atoms in total. The average molecular weight is 191 g/mol. The molecule has 0 saturated heterocycles. The van der Waals surface area contributed by atoms with Crippen LogP contribution in [0.15, 0.2) is 42.7 Å². The monoisotopic (exact) mass is 191 g/mol. The van der Waals surface area contributed by atoms with Gasteiger partial charge < -0.3 is 10.5 Å². The summed E-state index contributed by atoms with van der Waals surface area (Å²) in [6.07, 6.45) is 3.46. The van der Waals surface area contributed by atoms with Crippen LogP contribution in [0.25, 0.3) is 0 Å². The molecule has 0 unspecified atom stereocenters. The highest BCUT2D eigenvalue weighted by Gasteiger charge is 1.91. The van der Waals surface area contributed by atoms with Gasteiger partial charge in [0.2, 0.25) is 0 Å². The molecule has 14 heavy (non-hydrogen) atoms. The molecule has 1 heterocycles. The van der Waals surface area contributed by atoms with Gasteiger partial charge in [0.1, 0.15) is 5.75 Å². The number of aromatic nitrogens is 2. The normalized spacial score (nSPS) is 8.64. The van der Waals surface area contributed by atoms with Gasteiger partial charge in [-0.3, -0.25) is 5.10 Å². The van der Waals surface area contributed by atoms with E-state index >= 15 is 0 Å². The van der Waals surface area contributed by atoms with E-state index in [9.17, 15) is 0 Å². The number of aromatic amines is 1. The van der Waals surface area contributed by atoms with E-state index in [4.69, 9.17) is 10.5 Å². The van der Waals surface area contributed by atoms with Gasteiger partial charge in [-0.2, -0.15) is 5.10 Å². The lowest BCUT2D eigenvalue weighted by Gasteiger charge is -2.00. The molecule has 1 aromatic carbocycles.